The second-order valence-electron chi connectivity index (χ2n) is 5.22. The van der Waals surface area contributed by atoms with Crippen LogP contribution in [0.2, 0.25) is 0 Å². The summed E-state index contributed by atoms with van der Waals surface area (Å²) in [5.74, 6) is 0.694. The summed E-state index contributed by atoms with van der Waals surface area (Å²) in [5, 5.41) is 15.0. The van der Waals surface area contributed by atoms with Crippen molar-refractivity contribution < 1.29 is 4.92 Å². The molecule has 0 unspecified atom stereocenters. The largest absolute Gasteiger partial charge is 0.370 e. The Morgan fingerprint density at radius 1 is 1.35 bits per heavy atom. The van der Waals surface area contributed by atoms with Crippen LogP contribution in [0.3, 0.4) is 0 Å². The molecule has 0 spiro atoms. The van der Waals surface area contributed by atoms with Gasteiger partial charge in [-0.15, -0.1) is 11.3 Å². The average molecular weight is 328 g/mol. The third-order valence-corrected chi connectivity index (χ3v) is 4.57. The summed E-state index contributed by atoms with van der Waals surface area (Å²) in [6, 6.07) is 9.66. The van der Waals surface area contributed by atoms with E-state index in [1.165, 1.54) is 17.0 Å². The minimum atomic E-state index is -0.434. The van der Waals surface area contributed by atoms with Crippen molar-refractivity contribution in [2.45, 2.75) is 19.8 Å². The Hall–Kier alpha value is -2.54. The van der Waals surface area contributed by atoms with Gasteiger partial charge < -0.3 is 5.32 Å². The van der Waals surface area contributed by atoms with Crippen molar-refractivity contribution in [3.05, 3.63) is 57.2 Å². The first-order valence-electron chi connectivity index (χ1n) is 7.33. The van der Waals surface area contributed by atoms with E-state index >= 15 is 0 Å². The van der Waals surface area contributed by atoms with Crippen molar-refractivity contribution >= 4 is 33.1 Å². The van der Waals surface area contributed by atoms with Gasteiger partial charge in [0, 0.05) is 19.0 Å². The fourth-order valence-corrected chi connectivity index (χ4v) is 3.33. The molecule has 3 rings (SSSR count). The smallest absolute Gasteiger partial charge is 0.287 e. The van der Waals surface area contributed by atoms with Crippen LogP contribution in [0.15, 0.2) is 36.5 Å². The van der Waals surface area contributed by atoms with E-state index < -0.39 is 4.92 Å². The number of aryl methyl sites for hydroxylation is 2. The van der Waals surface area contributed by atoms with Crippen LogP contribution in [0.4, 0.5) is 11.5 Å². The lowest BCUT2D eigenvalue weighted by atomic mass is 10.2. The van der Waals surface area contributed by atoms with Crippen molar-refractivity contribution in [1.82, 2.24) is 9.97 Å². The number of anilines is 1. The molecule has 0 saturated heterocycles. The van der Waals surface area contributed by atoms with Crippen molar-refractivity contribution in [1.29, 1.82) is 0 Å². The normalized spacial score (nSPS) is 10.8. The van der Waals surface area contributed by atoms with Crippen molar-refractivity contribution in [3.8, 4) is 0 Å². The number of hydrogen-bond acceptors (Lipinski definition) is 6. The summed E-state index contributed by atoms with van der Waals surface area (Å²) in [6.07, 6.45) is 3.11. The van der Waals surface area contributed by atoms with Crippen LogP contribution in [0.25, 0.3) is 10.2 Å². The van der Waals surface area contributed by atoms with Crippen molar-refractivity contribution in [3.63, 3.8) is 0 Å². The first kappa shape index (κ1) is 15.4. The number of pyridine rings is 1. The number of rotatable bonds is 6. The first-order chi connectivity index (χ1) is 11.1. The zero-order chi connectivity index (χ0) is 16.2. The zero-order valence-corrected chi connectivity index (χ0v) is 13.5. The van der Waals surface area contributed by atoms with Gasteiger partial charge in [-0.05, 0) is 31.0 Å². The number of para-hydroxylation sites is 1. The molecule has 0 aliphatic carbocycles. The molecule has 23 heavy (non-hydrogen) atoms. The standard InChI is InChI=1S/C16H16N4O2S/c1-11-9-12(20(21)22)10-18-16(11)17-8-4-7-15-19-13-5-2-3-6-14(13)23-15/h2-3,5-6,9-10H,4,7-8H2,1H3,(H,17,18). The second-order valence-corrected chi connectivity index (χ2v) is 6.34. The number of nitrogens with zero attached hydrogens (tertiary/aromatic N) is 3. The minimum absolute atomic E-state index is 0.0162. The zero-order valence-electron chi connectivity index (χ0n) is 12.7. The highest BCUT2D eigenvalue weighted by Crippen LogP contribution is 2.22. The van der Waals surface area contributed by atoms with Gasteiger partial charge in [-0.2, -0.15) is 0 Å². The fraction of sp³-hybridized carbons (Fsp3) is 0.250. The van der Waals surface area contributed by atoms with E-state index in [9.17, 15) is 10.1 Å². The van der Waals surface area contributed by atoms with Crippen LogP contribution < -0.4 is 5.32 Å². The molecule has 0 atom stereocenters. The Kier molecular flexibility index (Phi) is 4.47. The molecular weight excluding hydrogens is 312 g/mol. The Labute approximate surface area is 137 Å². The second kappa shape index (κ2) is 6.70. The molecule has 118 valence electrons. The summed E-state index contributed by atoms with van der Waals surface area (Å²) < 4.78 is 1.21. The Balaban J connectivity index is 1.54. The Morgan fingerprint density at radius 2 is 2.17 bits per heavy atom. The highest BCUT2D eigenvalue weighted by Gasteiger charge is 2.09. The molecule has 0 fully saturated rings. The molecule has 0 saturated carbocycles. The molecule has 0 radical (unpaired) electrons. The highest BCUT2D eigenvalue weighted by molar-refractivity contribution is 7.18. The lowest BCUT2D eigenvalue weighted by Crippen LogP contribution is -2.06. The van der Waals surface area contributed by atoms with Crippen LogP contribution in [0.1, 0.15) is 17.0 Å². The number of aromatic nitrogens is 2. The van der Waals surface area contributed by atoms with Crippen molar-refractivity contribution in [2.75, 3.05) is 11.9 Å². The minimum Gasteiger partial charge on any atom is -0.370 e. The Morgan fingerprint density at radius 3 is 2.91 bits per heavy atom. The van der Waals surface area contributed by atoms with E-state index in [-0.39, 0.29) is 5.69 Å². The molecule has 0 bridgehead atoms. The van der Waals surface area contributed by atoms with Gasteiger partial charge in [0.15, 0.2) is 0 Å². The summed E-state index contributed by atoms with van der Waals surface area (Å²) in [4.78, 5) is 19.0. The quantitative estimate of drug-likeness (QED) is 0.421. The van der Waals surface area contributed by atoms with Gasteiger partial charge in [0.2, 0.25) is 0 Å². The predicted molar refractivity (Wildman–Crippen MR) is 92.1 cm³/mol. The number of fused-ring (bicyclic) bond motifs is 1. The van der Waals surface area contributed by atoms with E-state index in [0.29, 0.717) is 5.82 Å². The lowest BCUT2D eigenvalue weighted by molar-refractivity contribution is -0.385. The molecule has 7 heteroatoms. The molecule has 3 aromatic rings. The first-order valence-corrected chi connectivity index (χ1v) is 8.14. The van der Waals surface area contributed by atoms with Gasteiger partial charge in [-0.25, -0.2) is 9.97 Å². The van der Waals surface area contributed by atoms with Crippen LogP contribution in [-0.2, 0) is 6.42 Å². The molecular formula is C16H16N4O2S. The summed E-state index contributed by atoms with van der Waals surface area (Å²) in [5.41, 5.74) is 1.84. The van der Waals surface area contributed by atoms with Gasteiger partial charge in [0.25, 0.3) is 5.69 Å². The summed E-state index contributed by atoms with van der Waals surface area (Å²) in [7, 11) is 0. The van der Waals surface area contributed by atoms with Crippen LogP contribution in [0, 0.1) is 17.0 Å². The number of thiazole rings is 1. The van der Waals surface area contributed by atoms with Gasteiger partial charge in [-0.1, -0.05) is 12.1 Å². The molecule has 0 amide bonds. The molecule has 0 aliphatic heterocycles. The van der Waals surface area contributed by atoms with E-state index in [4.69, 9.17) is 0 Å². The number of nitro groups is 1. The highest BCUT2D eigenvalue weighted by atomic mass is 32.1. The third-order valence-electron chi connectivity index (χ3n) is 3.47. The van der Waals surface area contributed by atoms with Gasteiger partial charge in [0.1, 0.15) is 12.0 Å². The van der Waals surface area contributed by atoms with Gasteiger partial charge >= 0.3 is 0 Å². The molecule has 2 heterocycles. The molecule has 0 aliphatic rings. The predicted octanol–water partition coefficient (Wildman–Crippen LogP) is 3.95. The molecule has 2 aromatic heterocycles. The Bertz CT molecular complexity index is 814. The summed E-state index contributed by atoms with van der Waals surface area (Å²) >= 11 is 1.72. The molecule has 1 N–H and O–H groups in total. The molecule has 6 nitrogen and oxygen atoms in total. The fourth-order valence-electron chi connectivity index (χ4n) is 2.32. The monoisotopic (exact) mass is 328 g/mol. The van der Waals surface area contributed by atoms with Gasteiger partial charge in [-0.3, -0.25) is 10.1 Å². The van der Waals surface area contributed by atoms with E-state index in [2.05, 4.69) is 21.4 Å². The molecule has 1 aromatic carbocycles. The van der Waals surface area contributed by atoms with E-state index in [1.807, 2.05) is 25.1 Å². The van der Waals surface area contributed by atoms with Crippen molar-refractivity contribution in [2.24, 2.45) is 0 Å². The maximum atomic E-state index is 10.7. The number of hydrogen-bond donors (Lipinski definition) is 1. The van der Waals surface area contributed by atoms with Crippen LogP contribution in [-0.4, -0.2) is 21.4 Å². The van der Waals surface area contributed by atoms with Gasteiger partial charge in [0.05, 0.1) is 20.1 Å². The number of nitrogens with one attached hydrogen (secondary N) is 1. The van der Waals surface area contributed by atoms with Crippen LogP contribution in [0.5, 0.6) is 0 Å². The lowest BCUT2D eigenvalue weighted by Gasteiger charge is -2.07. The maximum Gasteiger partial charge on any atom is 0.287 e. The van der Waals surface area contributed by atoms with E-state index in [0.717, 1.165) is 35.5 Å². The maximum absolute atomic E-state index is 10.7. The summed E-state index contributed by atoms with van der Waals surface area (Å²) in [6.45, 7) is 2.57. The average Bonchev–Trinajstić information content (AvgIpc) is 2.95. The third kappa shape index (κ3) is 3.62. The number of benzene rings is 1. The van der Waals surface area contributed by atoms with Crippen LogP contribution >= 0.6 is 11.3 Å². The topological polar surface area (TPSA) is 81.0 Å². The SMILES string of the molecule is Cc1cc([N+](=O)[O-])cnc1NCCCc1nc2ccccc2s1. The van der Waals surface area contributed by atoms with E-state index in [1.54, 1.807) is 11.3 Å².